The van der Waals surface area contributed by atoms with Crippen LogP contribution in [0.25, 0.3) is 0 Å². The highest BCUT2D eigenvalue weighted by Crippen LogP contribution is 2.71. The highest BCUT2D eigenvalue weighted by molar-refractivity contribution is 5.78. The second-order valence-electron chi connectivity index (χ2n) is 5.69. The molecule has 1 amide bonds. The Balaban J connectivity index is 2.09. The predicted octanol–water partition coefficient (Wildman–Crippen LogP) is 1.80. The Labute approximate surface area is 80.1 Å². The van der Waals surface area contributed by atoms with Gasteiger partial charge in [-0.05, 0) is 22.7 Å². The SMILES string of the molecule is CC1(C)C(C2CNC(=O)C2)C1(C)C. The molecule has 13 heavy (non-hydrogen) atoms. The Morgan fingerprint density at radius 3 is 2.08 bits per heavy atom. The van der Waals surface area contributed by atoms with Gasteiger partial charge in [0.2, 0.25) is 5.91 Å². The van der Waals surface area contributed by atoms with Gasteiger partial charge in [-0.2, -0.15) is 0 Å². The summed E-state index contributed by atoms with van der Waals surface area (Å²) in [5, 5.41) is 2.93. The molecule has 1 N–H and O–H groups in total. The van der Waals surface area contributed by atoms with Gasteiger partial charge >= 0.3 is 0 Å². The average Bonchev–Trinajstić information content (AvgIpc) is 2.32. The monoisotopic (exact) mass is 181 g/mol. The van der Waals surface area contributed by atoms with Gasteiger partial charge in [-0.25, -0.2) is 0 Å². The van der Waals surface area contributed by atoms with Crippen LogP contribution in [0.2, 0.25) is 0 Å². The smallest absolute Gasteiger partial charge is 0.220 e. The molecule has 1 aliphatic heterocycles. The van der Waals surface area contributed by atoms with E-state index in [1.54, 1.807) is 0 Å². The van der Waals surface area contributed by atoms with Crippen molar-refractivity contribution >= 4 is 5.91 Å². The van der Waals surface area contributed by atoms with E-state index in [9.17, 15) is 4.79 Å². The van der Waals surface area contributed by atoms with E-state index in [0.29, 0.717) is 16.7 Å². The fourth-order valence-corrected chi connectivity index (χ4v) is 3.29. The highest BCUT2D eigenvalue weighted by atomic mass is 16.1. The van der Waals surface area contributed by atoms with Crippen molar-refractivity contribution in [2.24, 2.45) is 22.7 Å². The lowest BCUT2D eigenvalue weighted by Gasteiger charge is -2.08. The molecule has 2 nitrogen and oxygen atoms in total. The number of carbonyl (C=O) groups excluding carboxylic acids is 1. The first-order valence-corrected chi connectivity index (χ1v) is 5.14. The number of carbonyl (C=O) groups is 1. The van der Waals surface area contributed by atoms with E-state index >= 15 is 0 Å². The first-order valence-electron chi connectivity index (χ1n) is 5.14. The molecule has 2 fully saturated rings. The largest absolute Gasteiger partial charge is 0.356 e. The Kier molecular flexibility index (Phi) is 1.59. The Morgan fingerprint density at radius 2 is 1.77 bits per heavy atom. The first kappa shape index (κ1) is 9.04. The lowest BCUT2D eigenvalue weighted by molar-refractivity contribution is -0.119. The van der Waals surface area contributed by atoms with Gasteiger partial charge in [-0.15, -0.1) is 0 Å². The van der Waals surface area contributed by atoms with Crippen molar-refractivity contribution in [3.05, 3.63) is 0 Å². The summed E-state index contributed by atoms with van der Waals surface area (Å²) in [4.78, 5) is 11.1. The number of hydrogen-bond acceptors (Lipinski definition) is 1. The van der Waals surface area contributed by atoms with E-state index < -0.39 is 0 Å². The van der Waals surface area contributed by atoms with Crippen LogP contribution in [0.1, 0.15) is 34.1 Å². The molecule has 0 aromatic carbocycles. The van der Waals surface area contributed by atoms with E-state index in [1.807, 2.05) is 0 Å². The first-order chi connectivity index (χ1) is 5.87. The third-order valence-electron chi connectivity index (χ3n) is 4.61. The second-order valence-corrected chi connectivity index (χ2v) is 5.69. The Bertz CT molecular complexity index is 241. The molecule has 74 valence electrons. The van der Waals surface area contributed by atoms with Gasteiger partial charge in [0.05, 0.1) is 0 Å². The van der Waals surface area contributed by atoms with E-state index in [4.69, 9.17) is 0 Å². The molecule has 1 saturated heterocycles. The number of hydrogen-bond donors (Lipinski definition) is 1. The summed E-state index contributed by atoms with van der Waals surface area (Å²) in [6.45, 7) is 10.2. The zero-order chi connectivity index (χ0) is 9.85. The minimum Gasteiger partial charge on any atom is -0.356 e. The summed E-state index contributed by atoms with van der Waals surface area (Å²) in [6, 6.07) is 0. The molecular weight excluding hydrogens is 162 g/mol. The van der Waals surface area contributed by atoms with E-state index in [0.717, 1.165) is 18.9 Å². The van der Waals surface area contributed by atoms with Crippen LogP contribution in [0.4, 0.5) is 0 Å². The molecule has 0 bridgehead atoms. The van der Waals surface area contributed by atoms with Crippen LogP contribution < -0.4 is 5.32 Å². The van der Waals surface area contributed by atoms with E-state index in [1.165, 1.54) is 0 Å². The van der Waals surface area contributed by atoms with Gasteiger partial charge in [0.15, 0.2) is 0 Å². The van der Waals surface area contributed by atoms with Gasteiger partial charge in [-0.3, -0.25) is 4.79 Å². The lowest BCUT2D eigenvalue weighted by Crippen LogP contribution is -2.15. The van der Waals surface area contributed by atoms with Crippen LogP contribution in [0, 0.1) is 22.7 Å². The third-order valence-corrected chi connectivity index (χ3v) is 4.61. The molecule has 0 aromatic heterocycles. The van der Waals surface area contributed by atoms with Crippen LogP contribution in [-0.2, 0) is 4.79 Å². The van der Waals surface area contributed by atoms with Crippen molar-refractivity contribution in [2.75, 3.05) is 6.54 Å². The summed E-state index contributed by atoms with van der Waals surface area (Å²) in [5.41, 5.74) is 0.841. The minimum atomic E-state index is 0.239. The van der Waals surface area contributed by atoms with Gasteiger partial charge in [0.1, 0.15) is 0 Å². The normalized spacial score (nSPS) is 36.0. The minimum absolute atomic E-state index is 0.239. The predicted molar refractivity (Wildman–Crippen MR) is 52.2 cm³/mol. The zero-order valence-corrected chi connectivity index (χ0v) is 8.98. The molecule has 2 heteroatoms. The summed E-state index contributed by atoms with van der Waals surface area (Å²) in [7, 11) is 0. The molecule has 2 aliphatic rings. The fraction of sp³-hybridized carbons (Fsp3) is 0.909. The summed E-state index contributed by atoms with van der Waals surface area (Å²) in [6.07, 6.45) is 0.748. The number of amides is 1. The third kappa shape index (κ3) is 1.04. The maximum absolute atomic E-state index is 11.1. The molecule has 1 atom stereocenters. The second kappa shape index (κ2) is 2.28. The van der Waals surface area contributed by atoms with Crippen LogP contribution in [0.5, 0.6) is 0 Å². The van der Waals surface area contributed by atoms with Crippen LogP contribution >= 0.6 is 0 Å². The standard InChI is InChI=1S/C11H19NO/c1-10(2)9(11(10,3)4)7-5-8(13)12-6-7/h7,9H,5-6H2,1-4H3,(H,12,13). The molecule has 1 heterocycles. The molecule has 1 aliphatic carbocycles. The van der Waals surface area contributed by atoms with Crippen LogP contribution in [-0.4, -0.2) is 12.5 Å². The quantitative estimate of drug-likeness (QED) is 0.656. The van der Waals surface area contributed by atoms with Crippen molar-refractivity contribution in [2.45, 2.75) is 34.1 Å². The zero-order valence-electron chi connectivity index (χ0n) is 8.98. The molecule has 0 spiro atoms. The van der Waals surface area contributed by atoms with Gasteiger partial charge < -0.3 is 5.32 Å². The highest BCUT2D eigenvalue weighted by Gasteiger charge is 2.67. The molecule has 2 rings (SSSR count). The lowest BCUT2D eigenvalue weighted by atomic mass is 9.96. The van der Waals surface area contributed by atoms with Gasteiger partial charge in [-0.1, -0.05) is 27.7 Å². The molecule has 0 radical (unpaired) electrons. The van der Waals surface area contributed by atoms with Crippen LogP contribution in [0.15, 0.2) is 0 Å². The summed E-state index contributed by atoms with van der Waals surface area (Å²) in [5.74, 6) is 1.54. The Morgan fingerprint density at radius 1 is 1.23 bits per heavy atom. The summed E-state index contributed by atoms with van der Waals surface area (Å²) < 4.78 is 0. The van der Waals surface area contributed by atoms with Gasteiger partial charge in [0.25, 0.3) is 0 Å². The van der Waals surface area contributed by atoms with Crippen molar-refractivity contribution in [3.8, 4) is 0 Å². The fourth-order valence-electron chi connectivity index (χ4n) is 3.29. The van der Waals surface area contributed by atoms with Gasteiger partial charge in [0, 0.05) is 13.0 Å². The van der Waals surface area contributed by atoms with Crippen LogP contribution in [0.3, 0.4) is 0 Å². The molecule has 0 aromatic rings. The maximum atomic E-state index is 11.1. The number of rotatable bonds is 1. The van der Waals surface area contributed by atoms with E-state index in [2.05, 4.69) is 33.0 Å². The van der Waals surface area contributed by atoms with Crippen molar-refractivity contribution < 1.29 is 4.79 Å². The molecular formula is C11H19NO. The Hall–Kier alpha value is -0.530. The van der Waals surface area contributed by atoms with E-state index in [-0.39, 0.29) is 5.91 Å². The van der Waals surface area contributed by atoms with Crippen molar-refractivity contribution in [3.63, 3.8) is 0 Å². The summed E-state index contributed by atoms with van der Waals surface area (Å²) >= 11 is 0. The van der Waals surface area contributed by atoms with Crippen molar-refractivity contribution in [1.29, 1.82) is 0 Å². The average molecular weight is 181 g/mol. The topological polar surface area (TPSA) is 29.1 Å². The molecule has 1 unspecified atom stereocenters. The maximum Gasteiger partial charge on any atom is 0.220 e. The van der Waals surface area contributed by atoms with Crippen molar-refractivity contribution in [1.82, 2.24) is 5.32 Å². The number of nitrogens with one attached hydrogen (secondary N) is 1. The molecule has 1 saturated carbocycles.